The highest BCUT2D eigenvalue weighted by Crippen LogP contribution is 2.30. The maximum absolute atomic E-state index is 12.5. The average Bonchev–Trinajstić information content (AvgIpc) is 2.46. The second kappa shape index (κ2) is 5.48. The van der Waals surface area contributed by atoms with Crippen LogP contribution >= 0.6 is 0 Å². The van der Waals surface area contributed by atoms with Gasteiger partial charge in [0.15, 0.2) is 0 Å². The molecule has 0 fully saturated rings. The standard InChI is InChI=1S/C14H14F3N3/c1-10(12-5-3-4-8-18-12)20(2)13-7-6-11(9-19-13)14(15,16)17/h3-10H,1-2H3. The van der Waals surface area contributed by atoms with E-state index in [1.54, 1.807) is 18.1 Å². The third kappa shape index (κ3) is 3.07. The minimum Gasteiger partial charge on any atom is -0.351 e. The van der Waals surface area contributed by atoms with Crippen molar-refractivity contribution >= 4 is 5.82 Å². The van der Waals surface area contributed by atoms with Gasteiger partial charge in [0.1, 0.15) is 5.82 Å². The van der Waals surface area contributed by atoms with Crippen LogP contribution < -0.4 is 4.90 Å². The monoisotopic (exact) mass is 281 g/mol. The molecule has 0 amide bonds. The molecule has 3 nitrogen and oxygen atoms in total. The topological polar surface area (TPSA) is 29.0 Å². The Bertz CT molecular complexity index is 552. The number of anilines is 1. The Hall–Kier alpha value is -2.11. The van der Waals surface area contributed by atoms with Crippen molar-refractivity contribution in [2.24, 2.45) is 0 Å². The van der Waals surface area contributed by atoms with Gasteiger partial charge >= 0.3 is 6.18 Å². The molecular formula is C14H14F3N3. The lowest BCUT2D eigenvalue weighted by atomic mass is 10.2. The van der Waals surface area contributed by atoms with Gasteiger partial charge in [-0.1, -0.05) is 6.07 Å². The highest BCUT2D eigenvalue weighted by atomic mass is 19.4. The molecular weight excluding hydrogens is 267 g/mol. The summed E-state index contributed by atoms with van der Waals surface area (Å²) in [4.78, 5) is 9.88. The SMILES string of the molecule is CC(c1ccccn1)N(C)c1ccc(C(F)(F)F)cn1. The van der Waals surface area contributed by atoms with Crippen LogP contribution in [-0.2, 0) is 6.18 Å². The molecule has 2 heterocycles. The average molecular weight is 281 g/mol. The maximum atomic E-state index is 12.5. The zero-order chi connectivity index (χ0) is 14.8. The lowest BCUT2D eigenvalue weighted by molar-refractivity contribution is -0.137. The van der Waals surface area contributed by atoms with Crippen LogP contribution in [0.25, 0.3) is 0 Å². The highest BCUT2D eigenvalue weighted by Gasteiger charge is 2.30. The summed E-state index contributed by atoms with van der Waals surface area (Å²) in [6.45, 7) is 1.92. The quantitative estimate of drug-likeness (QED) is 0.859. The van der Waals surface area contributed by atoms with Crippen molar-refractivity contribution in [2.75, 3.05) is 11.9 Å². The Morgan fingerprint density at radius 2 is 1.85 bits per heavy atom. The molecule has 20 heavy (non-hydrogen) atoms. The van der Waals surface area contributed by atoms with Crippen LogP contribution in [0.1, 0.15) is 24.2 Å². The van der Waals surface area contributed by atoms with Gasteiger partial charge in [0.05, 0.1) is 17.3 Å². The molecule has 0 spiro atoms. The lowest BCUT2D eigenvalue weighted by Crippen LogP contribution is -2.23. The Morgan fingerprint density at radius 1 is 1.10 bits per heavy atom. The van der Waals surface area contributed by atoms with E-state index in [4.69, 9.17) is 0 Å². The van der Waals surface area contributed by atoms with Crippen molar-refractivity contribution in [1.82, 2.24) is 9.97 Å². The number of pyridine rings is 2. The van der Waals surface area contributed by atoms with Gasteiger partial charge in [-0.05, 0) is 31.2 Å². The second-order valence-corrected chi connectivity index (χ2v) is 4.44. The molecule has 0 aromatic carbocycles. The predicted octanol–water partition coefficient (Wildman–Crippen LogP) is 3.69. The Morgan fingerprint density at radius 3 is 2.35 bits per heavy atom. The number of rotatable bonds is 3. The van der Waals surface area contributed by atoms with Crippen molar-refractivity contribution in [1.29, 1.82) is 0 Å². The molecule has 0 saturated heterocycles. The lowest BCUT2D eigenvalue weighted by Gasteiger charge is -2.25. The summed E-state index contributed by atoms with van der Waals surface area (Å²) in [5.74, 6) is 0.469. The summed E-state index contributed by atoms with van der Waals surface area (Å²) < 4.78 is 37.4. The van der Waals surface area contributed by atoms with Gasteiger partial charge in [-0.3, -0.25) is 4.98 Å². The fourth-order valence-electron chi connectivity index (χ4n) is 1.78. The number of hydrogen-bond donors (Lipinski definition) is 0. The van der Waals surface area contributed by atoms with E-state index in [1.165, 1.54) is 6.07 Å². The van der Waals surface area contributed by atoms with Gasteiger partial charge in [0.25, 0.3) is 0 Å². The van der Waals surface area contributed by atoms with Gasteiger partial charge in [0, 0.05) is 19.4 Å². The molecule has 0 aliphatic heterocycles. The van der Waals surface area contributed by atoms with Crippen LogP contribution in [-0.4, -0.2) is 17.0 Å². The van der Waals surface area contributed by atoms with Crippen LogP contribution in [0.3, 0.4) is 0 Å². The molecule has 0 aliphatic rings. The van der Waals surface area contributed by atoms with Gasteiger partial charge in [0.2, 0.25) is 0 Å². The first-order valence-corrected chi connectivity index (χ1v) is 6.06. The van der Waals surface area contributed by atoms with Gasteiger partial charge in [-0.15, -0.1) is 0 Å². The molecule has 1 unspecified atom stereocenters. The Labute approximate surface area is 115 Å². The summed E-state index contributed by atoms with van der Waals surface area (Å²) in [5, 5.41) is 0. The van der Waals surface area contributed by atoms with Crippen molar-refractivity contribution in [3.63, 3.8) is 0 Å². The Kier molecular flexibility index (Phi) is 3.92. The van der Waals surface area contributed by atoms with Crippen molar-refractivity contribution in [3.8, 4) is 0 Å². The maximum Gasteiger partial charge on any atom is 0.417 e. The van der Waals surface area contributed by atoms with E-state index in [2.05, 4.69) is 9.97 Å². The number of aromatic nitrogens is 2. The fourth-order valence-corrected chi connectivity index (χ4v) is 1.78. The van der Waals surface area contributed by atoms with Crippen LogP contribution in [0.4, 0.5) is 19.0 Å². The van der Waals surface area contributed by atoms with E-state index in [1.807, 2.05) is 25.1 Å². The van der Waals surface area contributed by atoms with E-state index in [0.717, 1.165) is 18.0 Å². The van der Waals surface area contributed by atoms with E-state index in [0.29, 0.717) is 5.82 Å². The van der Waals surface area contributed by atoms with Gasteiger partial charge in [-0.25, -0.2) is 4.98 Å². The second-order valence-electron chi connectivity index (χ2n) is 4.44. The molecule has 0 aliphatic carbocycles. The molecule has 2 aromatic heterocycles. The molecule has 0 saturated carbocycles. The molecule has 2 aromatic rings. The molecule has 6 heteroatoms. The van der Waals surface area contributed by atoms with Crippen molar-refractivity contribution < 1.29 is 13.2 Å². The van der Waals surface area contributed by atoms with Crippen LogP contribution in [0.5, 0.6) is 0 Å². The molecule has 0 radical (unpaired) electrons. The number of alkyl halides is 3. The fraction of sp³-hybridized carbons (Fsp3) is 0.286. The molecule has 106 valence electrons. The minimum absolute atomic E-state index is 0.0829. The van der Waals surface area contributed by atoms with Crippen LogP contribution in [0.2, 0.25) is 0 Å². The van der Waals surface area contributed by atoms with Crippen LogP contribution in [0, 0.1) is 0 Å². The molecule has 2 rings (SSSR count). The summed E-state index contributed by atoms with van der Waals surface area (Å²) in [6, 6.07) is 7.86. The summed E-state index contributed by atoms with van der Waals surface area (Å²) >= 11 is 0. The van der Waals surface area contributed by atoms with Crippen molar-refractivity contribution in [2.45, 2.75) is 19.1 Å². The molecule has 1 atom stereocenters. The third-order valence-corrected chi connectivity index (χ3v) is 3.13. The summed E-state index contributed by atoms with van der Waals surface area (Å²) in [7, 11) is 1.77. The predicted molar refractivity (Wildman–Crippen MR) is 70.3 cm³/mol. The number of halogens is 3. The van der Waals surface area contributed by atoms with Crippen LogP contribution in [0.15, 0.2) is 42.7 Å². The highest BCUT2D eigenvalue weighted by molar-refractivity contribution is 5.41. The first-order chi connectivity index (χ1) is 9.39. The van der Waals surface area contributed by atoms with Gasteiger partial charge in [-0.2, -0.15) is 13.2 Å². The molecule has 0 N–H and O–H groups in total. The van der Waals surface area contributed by atoms with E-state index in [-0.39, 0.29) is 6.04 Å². The smallest absolute Gasteiger partial charge is 0.351 e. The Balaban J connectivity index is 2.19. The van der Waals surface area contributed by atoms with E-state index in [9.17, 15) is 13.2 Å². The normalized spacial score (nSPS) is 13.1. The van der Waals surface area contributed by atoms with Gasteiger partial charge < -0.3 is 4.90 Å². The van der Waals surface area contributed by atoms with Crippen molar-refractivity contribution in [3.05, 3.63) is 54.0 Å². The first kappa shape index (κ1) is 14.3. The number of nitrogens with zero attached hydrogens (tertiary/aromatic N) is 3. The minimum atomic E-state index is -4.36. The molecule has 0 bridgehead atoms. The largest absolute Gasteiger partial charge is 0.417 e. The number of hydrogen-bond acceptors (Lipinski definition) is 3. The zero-order valence-corrected chi connectivity index (χ0v) is 11.1. The summed E-state index contributed by atoms with van der Waals surface area (Å²) in [5.41, 5.74) is 0.0804. The van der Waals surface area contributed by atoms with E-state index >= 15 is 0 Å². The van der Waals surface area contributed by atoms with E-state index < -0.39 is 11.7 Å². The zero-order valence-electron chi connectivity index (χ0n) is 11.1. The first-order valence-electron chi connectivity index (χ1n) is 6.06. The third-order valence-electron chi connectivity index (χ3n) is 3.13. The summed E-state index contributed by atoms with van der Waals surface area (Å²) in [6.07, 6.45) is -1.84.